The summed E-state index contributed by atoms with van der Waals surface area (Å²) >= 11 is 0. The van der Waals surface area contributed by atoms with Crippen molar-refractivity contribution in [2.24, 2.45) is 7.05 Å². The van der Waals surface area contributed by atoms with Crippen LogP contribution >= 0.6 is 0 Å². The van der Waals surface area contributed by atoms with Crippen molar-refractivity contribution < 1.29 is 22.7 Å². The highest BCUT2D eigenvalue weighted by Crippen LogP contribution is 2.30. The largest absolute Gasteiger partial charge is 0.573 e. The third-order valence-corrected chi connectivity index (χ3v) is 6.63. The molecule has 1 aliphatic heterocycles. The Morgan fingerprint density at radius 1 is 1.15 bits per heavy atom. The first kappa shape index (κ1) is 26.3. The average molecular weight is 538 g/mol. The zero-order chi connectivity index (χ0) is 27.7. The standard InChI is InChI=1S/C27H26F3N7O2/c1-16-25(37-15-24(34-35-37)23-14-33-36(3)17(23)2)8-18(13-32-16)9-26(38)21-10-20(19-4-6-31-7-5-19)11-22(12-21)39-27(28,29)30/h4,8,10-15,31H,5-7,9H2,1-3H3. The zero-order valence-electron chi connectivity index (χ0n) is 21.6. The average Bonchev–Trinajstić information content (AvgIpc) is 3.51. The van der Waals surface area contributed by atoms with E-state index in [4.69, 9.17) is 0 Å². The Kier molecular flexibility index (Phi) is 7.04. The minimum Gasteiger partial charge on any atom is -0.406 e. The molecule has 3 aromatic heterocycles. The molecule has 9 nitrogen and oxygen atoms in total. The lowest BCUT2D eigenvalue weighted by Crippen LogP contribution is -2.20. The second-order valence-corrected chi connectivity index (χ2v) is 9.34. The van der Waals surface area contributed by atoms with Crippen LogP contribution in [0.4, 0.5) is 13.2 Å². The summed E-state index contributed by atoms with van der Waals surface area (Å²) in [6, 6.07) is 5.84. The maximum Gasteiger partial charge on any atom is 0.573 e. The lowest BCUT2D eigenvalue weighted by molar-refractivity contribution is -0.274. The fourth-order valence-corrected chi connectivity index (χ4v) is 4.46. The molecule has 1 aliphatic rings. The number of hydrogen-bond donors (Lipinski definition) is 1. The van der Waals surface area contributed by atoms with Gasteiger partial charge in [-0.05, 0) is 67.8 Å². The molecule has 0 aliphatic carbocycles. The van der Waals surface area contributed by atoms with E-state index in [1.54, 1.807) is 40.1 Å². The molecule has 4 heterocycles. The van der Waals surface area contributed by atoms with Gasteiger partial charge in [0.15, 0.2) is 5.78 Å². The number of Topliss-reactive ketones (excluding diaryl/α,β-unsaturated/α-hetero) is 1. The van der Waals surface area contributed by atoms with Gasteiger partial charge in [0, 0.05) is 43.0 Å². The number of benzene rings is 1. The van der Waals surface area contributed by atoms with Gasteiger partial charge < -0.3 is 10.1 Å². The minimum atomic E-state index is -4.87. The molecular weight excluding hydrogens is 511 g/mol. The number of hydrogen-bond acceptors (Lipinski definition) is 7. The van der Waals surface area contributed by atoms with Crippen LogP contribution in [0, 0.1) is 13.8 Å². The zero-order valence-corrected chi connectivity index (χ0v) is 21.6. The molecule has 0 atom stereocenters. The summed E-state index contributed by atoms with van der Waals surface area (Å²) in [5, 5.41) is 15.9. The third kappa shape index (κ3) is 5.90. The number of halogens is 3. The summed E-state index contributed by atoms with van der Waals surface area (Å²) < 4.78 is 46.6. The number of carbonyl (C=O) groups excluding carboxylic acids is 1. The van der Waals surface area contributed by atoms with E-state index < -0.39 is 12.1 Å². The first-order chi connectivity index (χ1) is 18.6. The monoisotopic (exact) mass is 537 g/mol. The number of alkyl halides is 3. The van der Waals surface area contributed by atoms with E-state index in [0.717, 1.165) is 22.9 Å². The highest BCUT2D eigenvalue weighted by atomic mass is 19.4. The Balaban J connectivity index is 1.43. The number of carbonyl (C=O) groups is 1. The number of aromatic nitrogens is 6. The molecule has 39 heavy (non-hydrogen) atoms. The van der Waals surface area contributed by atoms with Gasteiger partial charge in [0.1, 0.15) is 11.4 Å². The van der Waals surface area contributed by atoms with Crippen molar-refractivity contribution in [3.63, 3.8) is 0 Å². The summed E-state index contributed by atoms with van der Waals surface area (Å²) in [5.74, 6) is -0.786. The summed E-state index contributed by atoms with van der Waals surface area (Å²) in [6.45, 7) is 5.05. The Hall–Kier alpha value is -4.32. The molecule has 0 bridgehead atoms. The molecule has 0 saturated heterocycles. The van der Waals surface area contributed by atoms with E-state index in [2.05, 4.69) is 30.4 Å². The van der Waals surface area contributed by atoms with Crippen LogP contribution in [0.2, 0.25) is 0 Å². The molecule has 0 amide bonds. The summed E-state index contributed by atoms with van der Waals surface area (Å²) in [4.78, 5) is 17.7. The van der Waals surface area contributed by atoms with E-state index in [0.29, 0.717) is 47.7 Å². The number of aryl methyl sites for hydroxylation is 2. The van der Waals surface area contributed by atoms with Gasteiger partial charge in [0.05, 0.1) is 23.8 Å². The topological polar surface area (TPSA) is 99.8 Å². The Labute approximate surface area is 222 Å². The molecule has 0 fully saturated rings. The van der Waals surface area contributed by atoms with E-state index in [-0.39, 0.29) is 17.8 Å². The molecule has 5 rings (SSSR count). The number of nitrogens with zero attached hydrogens (tertiary/aromatic N) is 6. The van der Waals surface area contributed by atoms with E-state index >= 15 is 0 Å². The van der Waals surface area contributed by atoms with Crippen molar-refractivity contribution >= 4 is 11.4 Å². The fourth-order valence-electron chi connectivity index (χ4n) is 4.46. The number of ketones is 1. The van der Waals surface area contributed by atoms with Crippen molar-refractivity contribution in [2.45, 2.75) is 33.1 Å². The van der Waals surface area contributed by atoms with Crippen molar-refractivity contribution in [1.29, 1.82) is 0 Å². The first-order valence-electron chi connectivity index (χ1n) is 12.3. The predicted molar refractivity (Wildman–Crippen MR) is 137 cm³/mol. The molecule has 202 valence electrons. The number of ether oxygens (including phenoxy) is 1. The first-order valence-corrected chi connectivity index (χ1v) is 12.3. The number of nitrogens with one attached hydrogen (secondary N) is 1. The lowest BCUT2D eigenvalue weighted by Gasteiger charge is -2.17. The van der Waals surface area contributed by atoms with Crippen LogP contribution in [0.1, 0.15) is 39.3 Å². The summed E-state index contributed by atoms with van der Waals surface area (Å²) in [7, 11) is 1.84. The fraction of sp³-hybridized carbons (Fsp3) is 0.296. The van der Waals surface area contributed by atoms with Gasteiger partial charge >= 0.3 is 6.36 Å². The SMILES string of the molecule is Cc1ncc(CC(=O)c2cc(OC(F)(F)F)cc(C3=CCNCC3)c2)cc1-n1cc(-c2cnn(C)c2C)nn1. The normalized spacial score (nSPS) is 13.8. The van der Waals surface area contributed by atoms with Crippen molar-refractivity contribution in [3.8, 4) is 22.7 Å². The second kappa shape index (κ2) is 10.4. The Bertz CT molecular complexity index is 1570. The molecule has 1 aromatic carbocycles. The highest BCUT2D eigenvalue weighted by molar-refractivity contribution is 5.98. The molecule has 0 saturated carbocycles. The van der Waals surface area contributed by atoms with Crippen molar-refractivity contribution in [1.82, 2.24) is 35.1 Å². The number of pyridine rings is 1. The van der Waals surface area contributed by atoms with Gasteiger partial charge in [-0.2, -0.15) is 5.10 Å². The maximum absolute atomic E-state index is 13.3. The van der Waals surface area contributed by atoms with Crippen LogP contribution in [0.3, 0.4) is 0 Å². The van der Waals surface area contributed by atoms with Crippen LogP contribution < -0.4 is 10.1 Å². The van der Waals surface area contributed by atoms with Crippen molar-refractivity contribution in [3.05, 3.63) is 77.0 Å². The van der Waals surface area contributed by atoms with Gasteiger partial charge in [-0.15, -0.1) is 18.3 Å². The quantitative estimate of drug-likeness (QED) is 0.349. The molecule has 12 heteroatoms. The van der Waals surface area contributed by atoms with Gasteiger partial charge in [0.2, 0.25) is 0 Å². The Morgan fingerprint density at radius 3 is 2.67 bits per heavy atom. The van der Waals surface area contributed by atoms with Gasteiger partial charge in [-0.1, -0.05) is 11.3 Å². The van der Waals surface area contributed by atoms with Crippen LogP contribution in [-0.2, 0) is 13.5 Å². The smallest absolute Gasteiger partial charge is 0.406 e. The predicted octanol–water partition coefficient (Wildman–Crippen LogP) is 4.38. The summed E-state index contributed by atoms with van der Waals surface area (Å²) in [6.07, 6.45) is 2.64. The molecular formula is C27H26F3N7O2. The van der Waals surface area contributed by atoms with Crippen LogP contribution in [0.25, 0.3) is 22.5 Å². The third-order valence-electron chi connectivity index (χ3n) is 6.63. The number of rotatable bonds is 7. The van der Waals surface area contributed by atoms with E-state index in [1.807, 2.05) is 27.0 Å². The second-order valence-electron chi connectivity index (χ2n) is 9.34. The van der Waals surface area contributed by atoms with Crippen molar-refractivity contribution in [2.75, 3.05) is 13.1 Å². The minimum absolute atomic E-state index is 0.0704. The maximum atomic E-state index is 13.3. The Morgan fingerprint density at radius 2 is 1.97 bits per heavy atom. The van der Waals surface area contributed by atoms with E-state index in [9.17, 15) is 18.0 Å². The lowest BCUT2D eigenvalue weighted by atomic mass is 9.95. The molecule has 0 spiro atoms. The molecule has 0 radical (unpaired) electrons. The molecule has 4 aromatic rings. The van der Waals surface area contributed by atoms with E-state index in [1.165, 1.54) is 6.07 Å². The summed E-state index contributed by atoms with van der Waals surface area (Å²) in [5.41, 5.74) is 5.84. The van der Waals surface area contributed by atoms with Gasteiger partial charge in [0.25, 0.3) is 0 Å². The van der Waals surface area contributed by atoms with Gasteiger partial charge in [-0.3, -0.25) is 14.5 Å². The highest BCUT2D eigenvalue weighted by Gasteiger charge is 2.31. The molecule has 1 N–H and O–H groups in total. The van der Waals surface area contributed by atoms with Crippen LogP contribution in [-0.4, -0.2) is 55.0 Å². The van der Waals surface area contributed by atoms with Crippen LogP contribution in [0.15, 0.2) is 48.9 Å². The van der Waals surface area contributed by atoms with Gasteiger partial charge in [-0.25, -0.2) is 4.68 Å². The molecule has 0 unspecified atom stereocenters. The van der Waals surface area contributed by atoms with Crippen LogP contribution in [0.5, 0.6) is 5.75 Å².